The Labute approximate surface area is 99.1 Å². The zero-order valence-electron chi connectivity index (χ0n) is 10.5. The van der Waals surface area contributed by atoms with E-state index in [0.717, 1.165) is 31.4 Å². The molecule has 0 radical (unpaired) electrons. The van der Waals surface area contributed by atoms with Crippen molar-refractivity contribution in [1.82, 2.24) is 10.7 Å². The first-order chi connectivity index (χ1) is 7.86. The number of guanidine groups is 1. The molecule has 0 bridgehead atoms. The SMILES string of the molecule is CCCCNC(=NCC1CCCCC1)NN. The van der Waals surface area contributed by atoms with Crippen LogP contribution >= 0.6 is 0 Å². The van der Waals surface area contributed by atoms with Crippen molar-refractivity contribution >= 4 is 5.96 Å². The summed E-state index contributed by atoms with van der Waals surface area (Å²) in [5, 5.41) is 3.22. The molecule has 1 saturated carbocycles. The van der Waals surface area contributed by atoms with Gasteiger partial charge in [0.15, 0.2) is 0 Å². The van der Waals surface area contributed by atoms with Gasteiger partial charge in [0.2, 0.25) is 5.96 Å². The van der Waals surface area contributed by atoms with E-state index in [9.17, 15) is 0 Å². The Morgan fingerprint density at radius 2 is 2.06 bits per heavy atom. The van der Waals surface area contributed by atoms with Crippen LogP contribution in [0.2, 0.25) is 0 Å². The summed E-state index contributed by atoms with van der Waals surface area (Å²) in [6.45, 7) is 4.04. The smallest absolute Gasteiger partial charge is 0.205 e. The second-order valence-electron chi connectivity index (χ2n) is 4.62. The third-order valence-electron chi connectivity index (χ3n) is 3.19. The van der Waals surface area contributed by atoms with Gasteiger partial charge in [-0.3, -0.25) is 10.4 Å². The van der Waals surface area contributed by atoms with E-state index in [2.05, 4.69) is 22.7 Å². The predicted molar refractivity (Wildman–Crippen MR) is 69.1 cm³/mol. The fourth-order valence-electron chi connectivity index (χ4n) is 2.13. The molecule has 1 fully saturated rings. The minimum atomic E-state index is 0.749. The maximum atomic E-state index is 5.43. The molecular formula is C12H26N4. The summed E-state index contributed by atoms with van der Waals surface area (Å²) < 4.78 is 0. The number of nitrogens with two attached hydrogens (primary N) is 1. The van der Waals surface area contributed by atoms with Crippen LogP contribution in [-0.4, -0.2) is 19.0 Å². The quantitative estimate of drug-likeness (QED) is 0.220. The van der Waals surface area contributed by atoms with Gasteiger partial charge in [0, 0.05) is 13.1 Å². The van der Waals surface area contributed by atoms with Crippen LogP contribution in [0.1, 0.15) is 51.9 Å². The van der Waals surface area contributed by atoms with Gasteiger partial charge >= 0.3 is 0 Å². The van der Waals surface area contributed by atoms with E-state index in [1.54, 1.807) is 0 Å². The van der Waals surface area contributed by atoms with E-state index >= 15 is 0 Å². The van der Waals surface area contributed by atoms with Crippen LogP contribution in [0.15, 0.2) is 4.99 Å². The molecule has 0 unspecified atom stereocenters. The fourth-order valence-corrected chi connectivity index (χ4v) is 2.13. The highest BCUT2D eigenvalue weighted by Gasteiger charge is 2.12. The van der Waals surface area contributed by atoms with Crippen LogP contribution in [0.4, 0.5) is 0 Å². The molecule has 0 spiro atoms. The summed E-state index contributed by atoms with van der Waals surface area (Å²) in [6, 6.07) is 0. The molecular weight excluding hydrogens is 200 g/mol. The van der Waals surface area contributed by atoms with Gasteiger partial charge in [-0.25, -0.2) is 5.84 Å². The predicted octanol–water partition coefficient (Wildman–Crippen LogP) is 1.78. The molecule has 0 saturated heterocycles. The van der Waals surface area contributed by atoms with Gasteiger partial charge in [-0.1, -0.05) is 32.6 Å². The highest BCUT2D eigenvalue weighted by molar-refractivity contribution is 5.79. The molecule has 16 heavy (non-hydrogen) atoms. The first-order valence-corrected chi connectivity index (χ1v) is 6.61. The second-order valence-corrected chi connectivity index (χ2v) is 4.62. The lowest BCUT2D eigenvalue weighted by atomic mass is 9.89. The fraction of sp³-hybridized carbons (Fsp3) is 0.917. The van der Waals surface area contributed by atoms with E-state index in [-0.39, 0.29) is 0 Å². The zero-order valence-corrected chi connectivity index (χ0v) is 10.5. The summed E-state index contributed by atoms with van der Waals surface area (Å²) in [5.41, 5.74) is 2.64. The summed E-state index contributed by atoms with van der Waals surface area (Å²) in [6.07, 6.45) is 9.14. The van der Waals surface area contributed by atoms with Crippen molar-refractivity contribution in [1.29, 1.82) is 0 Å². The van der Waals surface area contributed by atoms with E-state index in [0.29, 0.717) is 0 Å². The standard InChI is InChI=1S/C12H26N4/c1-2-3-9-14-12(16-13)15-10-11-7-5-4-6-8-11/h11H,2-10,13H2,1H3,(H2,14,15,16). The average Bonchev–Trinajstić information content (AvgIpc) is 2.35. The lowest BCUT2D eigenvalue weighted by molar-refractivity contribution is 0.366. The van der Waals surface area contributed by atoms with Crippen molar-refractivity contribution in [2.24, 2.45) is 16.8 Å². The van der Waals surface area contributed by atoms with E-state index in [4.69, 9.17) is 5.84 Å². The molecule has 94 valence electrons. The Bertz CT molecular complexity index is 197. The molecule has 4 heteroatoms. The molecule has 4 nitrogen and oxygen atoms in total. The molecule has 0 heterocycles. The van der Waals surface area contributed by atoms with Crippen LogP contribution in [0.5, 0.6) is 0 Å². The van der Waals surface area contributed by atoms with Crippen LogP contribution < -0.4 is 16.6 Å². The van der Waals surface area contributed by atoms with E-state index < -0.39 is 0 Å². The van der Waals surface area contributed by atoms with Gasteiger partial charge in [0.1, 0.15) is 0 Å². The molecule has 1 aliphatic carbocycles. The Morgan fingerprint density at radius 3 is 2.69 bits per heavy atom. The number of aliphatic imine (C=N–C) groups is 1. The Kier molecular flexibility index (Phi) is 6.97. The number of hydrogen-bond acceptors (Lipinski definition) is 2. The maximum Gasteiger partial charge on any atom is 0.205 e. The molecule has 0 aromatic rings. The lowest BCUT2D eigenvalue weighted by Crippen LogP contribution is -2.42. The van der Waals surface area contributed by atoms with Crippen molar-refractivity contribution in [2.75, 3.05) is 13.1 Å². The number of nitrogens with one attached hydrogen (secondary N) is 2. The second kappa shape index (κ2) is 8.39. The molecule has 0 aliphatic heterocycles. The molecule has 1 aliphatic rings. The van der Waals surface area contributed by atoms with Gasteiger partial charge in [-0.15, -0.1) is 0 Å². The van der Waals surface area contributed by atoms with Crippen molar-refractivity contribution in [3.63, 3.8) is 0 Å². The molecule has 4 N–H and O–H groups in total. The number of hydrogen-bond donors (Lipinski definition) is 3. The van der Waals surface area contributed by atoms with E-state index in [1.165, 1.54) is 38.5 Å². The molecule has 0 amide bonds. The molecule has 0 aromatic heterocycles. The highest BCUT2D eigenvalue weighted by Crippen LogP contribution is 2.23. The minimum Gasteiger partial charge on any atom is -0.355 e. The number of nitrogens with zero attached hydrogens (tertiary/aromatic N) is 1. The third-order valence-corrected chi connectivity index (χ3v) is 3.19. The van der Waals surface area contributed by atoms with Gasteiger partial charge in [0.05, 0.1) is 0 Å². The van der Waals surface area contributed by atoms with Crippen LogP contribution in [0.3, 0.4) is 0 Å². The normalized spacial score (nSPS) is 18.5. The number of hydrazine groups is 1. The lowest BCUT2D eigenvalue weighted by Gasteiger charge is -2.20. The Morgan fingerprint density at radius 1 is 1.31 bits per heavy atom. The zero-order chi connectivity index (χ0) is 11.6. The topological polar surface area (TPSA) is 62.4 Å². The van der Waals surface area contributed by atoms with Crippen LogP contribution in [0.25, 0.3) is 0 Å². The first-order valence-electron chi connectivity index (χ1n) is 6.61. The summed E-state index contributed by atoms with van der Waals surface area (Å²) >= 11 is 0. The number of rotatable bonds is 5. The van der Waals surface area contributed by atoms with Crippen molar-refractivity contribution in [2.45, 2.75) is 51.9 Å². The molecule has 0 atom stereocenters. The monoisotopic (exact) mass is 226 g/mol. The van der Waals surface area contributed by atoms with Gasteiger partial charge < -0.3 is 5.32 Å². The Balaban J connectivity index is 2.22. The van der Waals surface area contributed by atoms with Crippen molar-refractivity contribution in [3.8, 4) is 0 Å². The van der Waals surface area contributed by atoms with Gasteiger partial charge in [-0.05, 0) is 25.2 Å². The van der Waals surface area contributed by atoms with E-state index in [1.807, 2.05) is 0 Å². The first kappa shape index (κ1) is 13.3. The van der Waals surface area contributed by atoms with Crippen LogP contribution in [-0.2, 0) is 0 Å². The third kappa shape index (κ3) is 5.35. The van der Waals surface area contributed by atoms with Crippen LogP contribution in [0, 0.1) is 5.92 Å². The minimum absolute atomic E-state index is 0.749. The summed E-state index contributed by atoms with van der Waals surface area (Å²) in [5.74, 6) is 6.95. The number of unbranched alkanes of at least 4 members (excludes halogenated alkanes) is 1. The van der Waals surface area contributed by atoms with Crippen molar-refractivity contribution in [3.05, 3.63) is 0 Å². The molecule has 1 rings (SSSR count). The van der Waals surface area contributed by atoms with Gasteiger partial charge in [0.25, 0.3) is 0 Å². The highest BCUT2D eigenvalue weighted by atomic mass is 15.3. The average molecular weight is 226 g/mol. The maximum absolute atomic E-state index is 5.43. The van der Waals surface area contributed by atoms with Gasteiger partial charge in [-0.2, -0.15) is 0 Å². The van der Waals surface area contributed by atoms with Crippen molar-refractivity contribution < 1.29 is 0 Å². The Hall–Kier alpha value is -0.770. The summed E-state index contributed by atoms with van der Waals surface area (Å²) in [7, 11) is 0. The largest absolute Gasteiger partial charge is 0.355 e. The molecule has 0 aromatic carbocycles. The summed E-state index contributed by atoms with van der Waals surface area (Å²) in [4.78, 5) is 4.51.